The highest BCUT2D eigenvalue weighted by Gasteiger charge is 2.08. The van der Waals surface area contributed by atoms with Crippen molar-refractivity contribution in [3.63, 3.8) is 0 Å². The van der Waals surface area contributed by atoms with E-state index in [1.807, 2.05) is 12.1 Å². The normalized spacial score (nSPS) is 12.1. The van der Waals surface area contributed by atoms with Gasteiger partial charge in [-0.25, -0.2) is 0 Å². The van der Waals surface area contributed by atoms with Gasteiger partial charge in [0.2, 0.25) is 5.91 Å². The second-order valence-corrected chi connectivity index (χ2v) is 5.52. The topological polar surface area (TPSA) is 55.1 Å². The molecule has 0 heterocycles. The van der Waals surface area contributed by atoms with Crippen LogP contribution in [0.1, 0.15) is 45.6 Å². The monoisotopic (exact) mass is 282 g/mol. The molecule has 0 fully saturated rings. The Kier molecular flexibility index (Phi) is 4.76. The van der Waals surface area contributed by atoms with Crippen molar-refractivity contribution in [1.29, 1.82) is 0 Å². The first-order chi connectivity index (χ1) is 9.97. The molecule has 2 rings (SSSR count). The molecular weight excluding hydrogens is 260 g/mol. The molecule has 21 heavy (non-hydrogen) atoms. The fourth-order valence-electron chi connectivity index (χ4n) is 2.39. The maximum absolute atomic E-state index is 11.0. The van der Waals surface area contributed by atoms with Gasteiger partial charge in [-0.3, -0.25) is 4.79 Å². The van der Waals surface area contributed by atoms with E-state index in [9.17, 15) is 4.79 Å². The molecule has 1 atom stereocenters. The lowest BCUT2D eigenvalue weighted by Crippen LogP contribution is -2.19. The lowest BCUT2D eigenvalue weighted by molar-refractivity contribution is 0.100. The van der Waals surface area contributed by atoms with Crippen molar-refractivity contribution < 1.29 is 4.79 Å². The van der Waals surface area contributed by atoms with Gasteiger partial charge >= 0.3 is 0 Å². The first-order valence-electron chi connectivity index (χ1n) is 7.16. The molecule has 0 unspecified atom stereocenters. The minimum atomic E-state index is -0.390. The van der Waals surface area contributed by atoms with E-state index in [4.69, 9.17) is 5.73 Å². The molecule has 110 valence electrons. The average Bonchev–Trinajstić information content (AvgIpc) is 2.47. The van der Waals surface area contributed by atoms with Crippen molar-refractivity contribution in [3.05, 3.63) is 70.3 Å². The molecule has 0 radical (unpaired) electrons. The minimum absolute atomic E-state index is 0.278. The van der Waals surface area contributed by atoms with Crippen LogP contribution in [0.4, 0.5) is 0 Å². The van der Waals surface area contributed by atoms with Gasteiger partial charge in [-0.05, 0) is 49.6 Å². The Morgan fingerprint density at radius 3 is 2.43 bits per heavy atom. The summed E-state index contributed by atoms with van der Waals surface area (Å²) in [4.78, 5) is 11.0. The highest BCUT2D eigenvalue weighted by Crippen LogP contribution is 2.19. The van der Waals surface area contributed by atoms with Gasteiger partial charge in [-0.15, -0.1) is 0 Å². The third-order valence-electron chi connectivity index (χ3n) is 3.75. The molecule has 0 aliphatic carbocycles. The third-order valence-corrected chi connectivity index (χ3v) is 3.75. The Morgan fingerprint density at radius 2 is 1.81 bits per heavy atom. The molecule has 3 nitrogen and oxygen atoms in total. The van der Waals surface area contributed by atoms with Gasteiger partial charge in [0.25, 0.3) is 0 Å². The van der Waals surface area contributed by atoms with E-state index in [2.05, 4.69) is 44.3 Å². The molecule has 2 aromatic carbocycles. The largest absolute Gasteiger partial charge is 0.366 e. The first-order valence-corrected chi connectivity index (χ1v) is 7.16. The predicted molar refractivity (Wildman–Crippen MR) is 86.1 cm³/mol. The van der Waals surface area contributed by atoms with Gasteiger partial charge in [-0.2, -0.15) is 0 Å². The van der Waals surface area contributed by atoms with Crippen LogP contribution in [0.5, 0.6) is 0 Å². The summed E-state index contributed by atoms with van der Waals surface area (Å²) in [5, 5.41) is 3.52. The molecule has 0 bridgehead atoms. The summed E-state index contributed by atoms with van der Waals surface area (Å²) >= 11 is 0. The van der Waals surface area contributed by atoms with Crippen LogP contribution in [0.2, 0.25) is 0 Å². The summed E-state index contributed by atoms with van der Waals surface area (Å²) in [6.45, 7) is 7.17. The van der Waals surface area contributed by atoms with Crippen LogP contribution in [0.15, 0.2) is 42.5 Å². The Labute approximate surface area is 126 Å². The Balaban J connectivity index is 2.02. The number of primary amides is 1. The number of hydrogen-bond donors (Lipinski definition) is 2. The Bertz CT molecular complexity index is 632. The smallest absolute Gasteiger partial charge is 0.248 e. The van der Waals surface area contributed by atoms with E-state index < -0.39 is 5.91 Å². The molecule has 0 saturated heterocycles. The van der Waals surface area contributed by atoms with E-state index in [0.717, 1.165) is 12.1 Å². The number of nitrogens with one attached hydrogen (secondary N) is 1. The fraction of sp³-hybridized carbons (Fsp3) is 0.278. The van der Waals surface area contributed by atoms with Crippen molar-refractivity contribution >= 4 is 5.91 Å². The zero-order valence-corrected chi connectivity index (χ0v) is 12.8. The molecule has 0 spiro atoms. The second kappa shape index (κ2) is 6.55. The number of benzene rings is 2. The van der Waals surface area contributed by atoms with E-state index in [-0.39, 0.29) is 6.04 Å². The number of carbonyl (C=O) groups is 1. The number of amides is 1. The quantitative estimate of drug-likeness (QED) is 0.884. The molecule has 0 aliphatic rings. The van der Waals surface area contributed by atoms with Gasteiger partial charge in [0.1, 0.15) is 0 Å². The molecule has 0 aliphatic heterocycles. The van der Waals surface area contributed by atoms with Crippen LogP contribution < -0.4 is 11.1 Å². The summed E-state index contributed by atoms with van der Waals surface area (Å²) < 4.78 is 0. The van der Waals surface area contributed by atoms with E-state index >= 15 is 0 Å². The number of rotatable bonds is 5. The molecule has 0 saturated carbocycles. The standard InChI is InChI=1S/C18H22N2O/c1-12-4-5-13(2)17(10-12)14(3)20-11-15-6-8-16(9-7-15)18(19)21/h4-10,14,20H,11H2,1-3H3,(H2,19,21)/t14-/m0/s1. The van der Waals surface area contributed by atoms with Gasteiger partial charge in [0.05, 0.1) is 0 Å². The van der Waals surface area contributed by atoms with Crippen LogP contribution >= 0.6 is 0 Å². The van der Waals surface area contributed by atoms with Crippen LogP contribution in [-0.4, -0.2) is 5.91 Å². The number of nitrogens with two attached hydrogens (primary N) is 1. The Hall–Kier alpha value is -2.13. The number of aryl methyl sites for hydroxylation is 2. The zero-order chi connectivity index (χ0) is 15.4. The van der Waals surface area contributed by atoms with Gasteiger partial charge in [0.15, 0.2) is 0 Å². The molecule has 2 aromatic rings. The van der Waals surface area contributed by atoms with E-state index in [1.54, 1.807) is 12.1 Å². The van der Waals surface area contributed by atoms with Crippen molar-refractivity contribution in [2.75, 3.05) is 0 Å². The van der Waals surface area contributed by atoms with Gasteiger partial charge in [-0.1, -0.05) is 35.9 Å². The highest BCUT2D eigenvalue weighted by atomic mass is 16.1. The van der Waals surface area contributed by atoms with Gasteiger partial charge in [0, 0.05) is 18.2 Å². The van der Waals surface area contributed by atoms with Crippen LogP contribution in [0, 0.1) is 13.8 Å². The fourth-order valence-corrected chi connectivity index (χ4v) is 2.39. The molecule has 1 amide bonds. The zero-order valence-electron chi connectivity index (χ0n) is 12.8. The number of hydrogen-bond acceptors (Lipinski definition) is 2. The summed E-state index contributed by atoms with van der Waals surface area (Å²) in [6, 6.07) is 14.2. The maximum atomic E-state index is 11.0. The Morgan fingerprint density at radius 1 is 1.14 bits per heavy atom. The molecular formula is C18H22N2O. The summed E-state index contributed by atoms with van der Waals surface area (Å²) in [7, 11) is 0. The minimum Gasteiger partial charge on any atom is -0.366 e. The second-order valence-electron chi connectivity index (χ2n) is 5.52. The summed E-state index contributed by atoms with van der Waals surface area (Å²) in [5.74, 6) is -0.390. The molecule has 3 heteroatoms. The lowest BCUT2D eigenvalue weighted by atomic mass is 10.00. The van der Waals surface area contributed by atoms with Crippen LogP contribution in [0.25, 0.3) is 0 Å². The lowest BCUT2D eigenvalue weighted by Gasteiger charge is -2.17. The maximum Gasteiger partial charge on any atom is 0.248 e. The van der Waals surface area contributed by atoms with Gasteiger partial charge < -0.3 is 11.1 Å². The van der Waals surface area contributed by atoms with Crippen molar-refractivity contribution in [1.82, 2.24) is 5.32 Å². The molecule has 3 N–H and O–H groups in total. The highest BCUT2D eigenvalue weighted by molar-refractivity contribution is 5.92. The van der Waals surface area contributed by atoms with E-state index in [1.165, 1.54) is 16.7 Å². The van der Waals surface area contributed by atoms with Crippen molar-refractivity contribution in [2.24, 2.45) is 5.73 Å². The average molecular weight is 282 g/mol. The van der Waals surface area contributed by atoms with E-state index in [0.29, 0.717) is 5.56 Å². The predicted octanol–water partition coefficient (Wildman–Crippen LogP) is 3.25. The van der Waals surface area contributed by atoms with Crippen molar-refractivity contribution in [2.45, 2.75) is 33.4 Å². The van der Waals surface area contributed by atoms with Crippen LogP contribution in [0.3, 0.4) is 0 Å². The van der Waals surface area contributed by atoms with Crippen molar-refractivity contribution in [3.8, 4) is 0 Å². The SMILES string of the molecule is Cc1ccc(C)c([C@H](C)NCc2ccc(C(N)=O)cc2)c1. The third kappa shape index (κ3) is 3.92. The van der Waals surface area contributed by atoms with Crippen LogP contribution in [-0.2, 0) is 6.54 Å². The molecule has 0 aromatic heterocycles. The number of carbonyl (C=O) groups excluding carboxylic acids is 1. The first kappa shape index (κ1) is 15.3. The summed E-state index contributed by atoms with van der Waals surface area (Å²) in [5.41, 5.74) is 10.8. The summed E-state index contributed by atoms with van der Waals surface area (Å²) in [6.07, 6.45) is 0.